The standard InChI is InChI=1S/C12H24N2S/c1-3-11(9-15-2)13-12-8-14-6-4-10(12)5-7-14/h10-13H,3-9H2,1-2H3. The molecule has 3 fully saturated rings. The van der Waals surface area contributed by atoms with Gasteiger partial charge in [0.2, 0.25) is 0 Å². The van der Waals surface area contributed by atoms with Crippen molar-refractivity contribution in [2.24, 2.45) is 5.92 Å². The molecule has 88 valence electrons. The topological polar surface area (TPSA) is 15.3 Å². The second-order valence-corrected chi connectivity index (χ2v) is 5.88. The number of nitrogens with zero attached hydrogens (tertiary/aromatic N) is 1. The molecule has 2 nitrogen and oxygen atoms in total. The van der Waals surface area contributed by atoms with Crippen LogP contribution in [0.3, 0.4) is 0 Å². The minimum Gasteiger partial charge on any atom is -0.309 e. The highest BCUT2D eigenvalue weighted by molar-refractivity contribution is 7.98. The predicted octanol–water partition coefficient (Wildman–Crippen LogP) is 1.81. The summed E-state index contributed by atoms with van der Waals surface area (Å²) in [5, 5.41) is 3.88. The predicted molar refractivity (Wildman–Crippen MR) is 68.5 cm³/mol. The molecule has 1 N–H and O–H groups in total. The number of rotatable bonds is 5. The summed E-state index contributed by atoms with van der Waals surface area (Å²) in [6.07, 6.45) is 6.33. The van der Waals surface area contributed by atoms with Gasteiger partial charge in [-0.3, -0.25) is 0 Å². The molecule has 0 radical (unpaired) electrons. The molecule has 0 saturated carbocycles. The van der Waals surface area contributed by atoms with E-state index in [9.17, 15) is 0 Å². The Bertz CT molecular complexity index is 190. The van der Waals surface area contributed by atoms with Crippen molar-refractivity contribution in [2.45, 2.75) is 38.3 Å². The minimum absolute atomic E-state index is 0.727. The second-order valence-electron chi connectivity index (χ2n) is 4.97. The third kappa shape index (κ3) is 2.89. The van der Waals surface area contributed by atoms with Gasteiger partial charge in [-0.05, 0) is 44.5 Å². The number of hydrogen-bond acceptors (Lipinski definition) is 3. The fourth-order valence-electron chi connectivity index (χ4n) is 2.94. The third-order valence-electron chi connectivity index (χ3n) is 3.97. The van der Waals surface area contributed by atoms with Crippen molar-refractivity contribution in [2.75, 3.05) is 31.6 Å². The van der Waals surface area contributed by atoms with Crippen LogP contribution in [0.4, 0.5) is 0 Å². The van der Waals surface area contributed by atoms with Crippen molar-refractivity contribution in [3.63, 3.8) is 0 Å². The van der Waals surface area contributed by atoms with E-state index in [1.807, 2.05) is 11.8 Å². The van der Waals surface area contributed by atoms with E-state index in [2.05, 4.69) is 23.4 Å². The Hall–Kier alpha value is 0.270. The molecule has 0 aromatic carbocycles. The molecule has 3 heterocycles. The van der Waals surface area contributed by atoms with E-state index in [1.54, 1.807) is 0 Å². The van der Waals surface area contributed by atoms with Gasteiger partial charge in [0, 0.05) is 24.4 Å². The molecule has 3 saturated heterocycles. The Morgan fingerprint density at radius 3 is 2.60 bits per heavy atom. The van der Waals surface area contributed by atoms with Crippen LogP contribution in [-0.2, 0) is 0 Å². The Labute approximate surface area is 98.2 Å². The maximum Gasteiger partial charge on any atom is 0.0227 e. The van der Waals surface area contributed by atoms with Gasteiger partial charge in [-0.1, -0.05) is 6.92 Å². The van der Waals surface area contributed by atoms with Gasteiger partial charge in [-0.2, -0.15) is 11.8 Å². The zero-order chi connectivity index (χ0) is 10.7. The van der Waals surface area contributed by atoms with Gasteiger partial charge >= 0.3 is 0 Å². The monoisotopic (exact) mass is 228 g/mol. The van der Waals surface area contributed by atoms with E-state index < -0.39 is 0 Å². The summed E-state index contributed by atoms with van der Waals surface area (Å²) in [6.45, 7) is 6.30. The molecule has 0 spiro atoms. The maximum atomic E-state index is 3.88. The van der Waals surface area contributed by atoms with Crippen LogP contribution in [0.2, 0.25) is 0 Å². The molecule has 2 atom stereocenters. The number of nitrogens with one attached hydrogen (secondary N) is 1. The number of fused-ring (bicyclic) bond motifs is 3. The van der Waals surface area contributed by atoms with Crippen LogP contribution < -0.4 is 5.32 Å². The summed E-state index contributed by atoms with van der Waals surface area (Å²) in [4.78, 5) is 2.63. The third-order valence-corrected chi connectivity index (χ3v) is 4.70. The number of thioether (sulfide) groups is 1. The highest BCUT2D eigenvalue weighted by Gasteiger charge is 2.34. The lowest BCUT2D eigenvalue weighted by Crippen LogP contribution is -2.58. The first-order valence-corrected chi connectivity index (χ1v) is 7.70. The summed E-state index contributed by atoms with van der Waals surface area (Å²) in [6, 6.07) is 1.51. The quantitative estimate of drug-likeness (QED) is 0.772. The lowest BCUT2D eigenvalue weighted by atomic mass is 9.83. The molecule has 0 aliphatic carbocycles. The average molecular weight is 228 g/mol. The van der Waals surface area contributed by atoms with Gasteiger partial charge in [-0.25, -0.2) is 0 Å². The molecule has 2 bridgehead atoms. The Morgan fingerprint density at radius 1 is 1.40 bits per heavy atom. The molecular weight excluding hydrogens is 204 g/mol. The van der Waals surface area contributed by atoms with Gasteiger partial charge in [0.05, 0.1) is 0 Å². The molecule has 3 aliphatic rings. The number of piperidine rings is 3. The summed E-state index contributed by atoms with van der Waals surface area (Å²) < 4.78 is 0. The summed E-state index contributed by atoms with van der Waals surface area (Å²) in [5.41, 5.74) is 0. The summed E-state index contributed by atoms with van der Waals surface area (Å²) in [5.74, 6) is 2.23. The van der Waals surface area contributed by atoms with Crippen LogP contribution in [0.1, 0.15) is 26.2 Å². The molecule has 3 rings (SSSR count). The molecule has 0 aromatic heterocycles. The van der Waals surface area contributed by atoms with E-state index >= 15 is 0 Å². The maximum absolute atomic E-state index is 3.88. The Morgan fingerprint density at radius 2 is 2.13 bits per heavy atom. The van der Waals surface area contributed by atoms with E-state index in [4.69, 9.17) is 0 Å². The lowest BCUT2D eigenvalue weighted by Gasteiger charge is -2.46. The van der Waals surface area contributed by atoms with Gasteiger partial charge in [0.15, 0.2) is 0 Å². The molecule has 15 heavy (non-hydrogen) atoms. The second kappa shape index (κ2) is 5.55. The molecule has 3 aliphatic heterocycles. The molecule has 2 unspecified atom stereocenters. The molecule has 0 amide bonds. The van der Waals surface area contributed by atoms with Gasteiger partial charge < -0.3 is 10.2 Å². The molecule has 3 heteroatoms. The van der Waals surface area contributed by atoms with E-state index in [0.29, 0.717) is 0 Å². The van der Waals surface area contributed by atoms with E-state index in [1.165, 1.54) is 44.6 Å². The fourth-order valence-corrected chi connectivity index (χ4v) is 3.68. The average Bonchev–Trinajstić information content (AvgIpc) is 2.30. The molecular formula is C12H24N2S. The van der Waals surface area contributed by atoms with Crippen LogP contribution >= 0.6 is 11.8 Å². The van der Waals surface area contributed by atoms with Gasteiger partial charge in [-0.15, -0.1) is 0 Å². The highest BCUT2D eigenvalue weighted by Crippen LogP contribution is 2.28. The largest absolute Gasteiger partial charge is 0.309 e. The summed E-state index contributed by atoms with van der Waals surface area (Å²) >= 11 is 1.97. The Balaban J connectivity index is 1.83. The zero-order valence-corrected chi connectivity index (χ0v) is 10.9. The first-order valence-electron chi connectivity index (χ1n) is 6.30. The lowest BCUT2D eigenvalue weighted by molar-refractivity contribution is 0.0681. The van der Waals surface area contributed by atoms with E-state index in [-0.39, 0.29) is 0 Å². The fraction of sp³-hybridized carbons (Fsp3) is 1.00. The number of hydrogen-bond donors (Lipinski definition) is 1. The Kier molecular flexibility index (Phi) is 4.35. The van der Waals surface area contributed by atoms with Gasteiger partial charge in [0.25, 0.3) is 0 Å². The summed E-state index contributed by atoms with van der Waals surface area (Å²) in [7, 11) is 0. The zero-order valence-electron chi connectivity index (χ0n) is 10.0. The SMILES string of the molecule is CCC(CSC)NC1CN2CCC1CC2. The van der Waals surface area contributed by atoms with Crippen molar-refractivity contribution in [1.82, 2.24) is 10.2 Å². The van der Waals surface area contributed by atoms with Crippen molar-refractivity contribution >= 4 is 11.8 Å². The van der Waals surface area contributed by atoms with Gasteiger partial charge in [0.1, 0.15) is 0 Å². The smallest absolute Gasteiger partial charge is 0.0227 e. The highest BCUT2D eigenvalue weighted by atomic mass is 32.2. The minimum atomic E-state index is 0.727. The van der Waals surface area contributed by atoms with Crippen LogP contribution in [0.15, 0.2) is 0 Å². The van der Waals surface area contributed by atoms with Crippen molar-refractivity contribution in [3.05, 3.63) is 0 Å². The van der Waals surface area contributed by atoms with Crippen molar-refractivity contribution in [1.29, 1.82) is 0 Å². The van der Waals surface area contributed by atoms with Crippen LogP contribution in [0.25, 0.3) is 0 Å². The van der Waals surface area contributed by atoms with E-state index in [0.717, 1.165) is 18.0 Å². The van der Waals surface area contributed by atoms with Crippen LogP contribution in [-0.4, -0.2) is 48.6 Å². The molecule has 0 aromatic rings. The van der Waals surface area contributed by atoms with Crippen LogP contribution in [0.5, 0.6) is 0 Å². The normalized spacial score (nSPS) is 36.8. The van der Waals surface area contributed by atoms with Crippen molar-refractivity contribution < 1.29 is 0 Å². The van der Waals surface area contributed by atoms with Crippen molar-refractivity contribution in [3.8, 4) is 0 Å². The van der Waals surface area contributed by atoms with Crippen LogP contribution in [0, 0.1) is 5.92 Å². The first-order chi connectivity index (χ1) is 7.33. The first kappa shape index (κ1) is 11.7.